The van der Waals surface area contributed by atoms with Gasteiger partial charge in [0.1, 0.15) is 23.7 Å². The smallest absolute Gasteiger partial charge is 0.407 e. The maximum absolute atomic E-state index is 13.6. The zero-order valence-electron chi connectivity index (χ0n) is 20.4. The van der Waals surface area contributed by atoms with Crippen LogP contribution in [-0.2, 0) is 15.7 Å². The van der Waals surface area contributed by atoms with E-state index in [0.717, 1.165) is 38.8 Å². The van der Waals surface area contributed by atoms with Crippen LogP contribution in [0.2, 0.25) is 0 Å². The Hall–Kier alpha value is -3.13. The molecule has 2 fully saturated rings. The Morgan fingerprint density at radius 2 is 1.92 bits per heavy atom. The Morgan fingerprint density at radius 3 is 2.67 bits per heavy atom. The fourth-order valence-corrected chi connectivity index (χ4v) is 3.96. The summed E-state index contributed by atoms with van der Waals surface area (Å²) in [6.07, 6.45) is -2.71. The number of amides is 1. The fraction of sp³-hybridized carbons (Fsp3) is 0.636. The number of hydrogen-bond donors (Lipinski definition) is 2. The van der Waals surface area contributed by atoms with E-state index < -0.39 is 11.7 Å². The quantitative estimate of drug-likeness (QED) is 0.511. The van der Waals surface area contributed by atoms with E-state index >= 15 is 0 Å². The number of oxazole rings is 1. The first-order valence-corrected chi connectivity index (χ1v) is 11.9. The van der Waals surface area contributed by atoms with Crippen LogP contribution >= 0.6 is 0 Å². The Kier molecular flexibility index (Phi) is 8.14. The summed E-state index contributed by atoms with van der Waals surface area (Å²) in [6, 6.07) is 0.446. The second-order valence-electron chi connectivity index (χ2n) is 8.85. The molecule has 0 bridgehead atoms. The number of hydrogen-bond acceptors (Lipinski definition) is 10. The first-order valence-electron chi connectivity index (χ1n) is 11.9. The van der Waals surface area contributed by atoms with Crippen LogP contribution in [0, 0.1) is 6.92 Å². The predicted molar refractivity (Wildman–Crippen MR) is 126 cm³/mol. The minimum Gasteiger partial charge on any atom is -0.407 e. The number of likely N-dealkylation sites (N-methyl/N-ethyl adjacent to an activating group) is 1. The minimum atomic E-state index is -4.63. The normalized spacial score (nSPS) is 17.9. The summed E-state index contributed by atoms with van der Waals surface area (Å²) < 4.78 is 51.7. The lowest BCUT2D eigenvalue weighted by atomic mass is 10.3. The molecule has 0 radical (unpaired) electrons. The van der Waals surface area contributed by atoms with Gasteiger partial charge in [-0.3, -0.25) is 10.1 Å². The van der Waals surface area contributed by atoms with Gasteiger partial charge in [-0.15, -0.1) is 0 Å². The van der Waals surface area contributed by atoms with Crippen LogP contribution in [0.4, 0.5) is 36.8 Å². The van der Waals surface area contributed by atoms with Gasteiger partial charge >= 0.3 is 6.18 Å². The molecule has 2 aromatic heterocycles. The third kappa shape index (κ3) is 6.55. The van der Waals surface area contributed by atoms with Crippen molar-refractivity contribution in [1.29, 1.82) is 0 Å². The topological polar surface area (TPSA) is 112 Å². The van der Waals surface area contributed by atoms with E-state index in [1.54, 1.807) is 11.8 Å². The van der Waals surface area contributed by atoms with Crippen molar-refractivity contribution in [2.24, 2.45) is 0 Å². The van der Waals surface area contributed by atoms with Gasteiger partial charge in [-0.2, -0.15) is 23.1 Å². The Labute approximate surface area is 207 Å². The minimum absolute atomic E-state index is 0.0319. The number of rotatable bonds is 8. The van der Waals surface area contributed by atoms with Crippen LogP contribution in [0.15, 0.2) is 10.6 Å². The third-order valence-electron chi connectivity index (χ3n) is 6.07. The second-order valence-corrected chi connectivity index (χ2v) is 8.85. The van der Waals surface area contributed by atoms with Gasteiger partial charge in [0.05, 0.1) is 0 Å². The highest BCUT2D eigenvalue weighted by molar-refractivity contribution is 5.77. The van der Waals surface area contributed by atoms with E-state index in [9.17, 15) is 18.0 Å². The molecular weight excluding hydrogens is 481 g/mol. The van der Waals surface area contributed by atoms with E-state index in [1.807, 2.05) is 11.9 Å². The maximum atomic E-state index is 13.6. The number of aromatic nitrogens is 3. The molecule has 11 nitrogen and oxygen atoms in total. The zero-order chi connectivity index (χ0) is 25.7. The van der Waals surface area contributed by atoms with Crippen molar-refractivity contribution in [2.75, 3.05) is 81.6 Å². The summed E-state index contributed by atoms with van der Waals surface area (Å²) in [5.41, 5.74) is -0.423. The van der Waals surface area contributed by atoms with Gasteiger partial charge in [0.15, 0.2) is 0 Å². The lowest BCUT2D eigenvalue weighted by Crippen LogP contribution is -2.44. The number of piperazine rings is 1. The van der Waals surface area contributed by atoms with Crippen LogP contribution in [-0.4, -0.2) is 96.7 Å². The van der Waals surface area contributed by atoms with E-state index in [-0.39, 0.29) is 36.7 Å². The molecule has 2 aliphatic rings. The molecule has 36 heavy (non-hydrogen) atoms. The van der Waals surface area contributed by atoms with Crippen molar-refractivity contribution in [3.8, 4) is 0 Å². The molecule has 0 unspecified atom stereocenters. The number of nitrogens with one attached hydrogen (secondary N) is 2. The van der Waals surface area contributed by atoms with E-state index in [4.69, 9.17) is 9.15 Å². The molecule has 2 aromatic rings. The number of alkyl halides is 3. The number of anilines is 4. The predicted octanol–water partition coefficient (Wildman–Crippen LogP) is 2.34. The molecule has 4 rings (SSSR count). The number of aryl methyl sites for hydroxylation is 1. The number of halogens is 3. The lowest BCUT2D eigenvalue weighted by molar-refractivity contribution is -0.137. The first-order chi connectivity index (χ1) is 17.2. The second kappa shape index (κ2) is 11.3. The Bertz CT molecular complexity index is 1040. The van der Waals surface area contributed by atoms with E-state index in [2.05, 4.69) is 30.5 Å². The number of carbonyl (C=O) groups is 1. The monoisotopic (exact) mass is 512 g/mol. The molecule has 14 heteroatoms. The summed E-state index contributed by atoms with van der Waals surface area (Å²) >= 11 is 0. The van der Waals surface area contributed by atoms with Gasteiger partial charge < -0.3 is 29.2 Å². The number of carbonyl (C=O) groups excluding carboxylic acids is 1. The molecule has 2 saturated heterocycles. The van der Waals surface area contributed by atoms with Crippen molar-refractivity contribution in [3.63, 3.8) is 0 Å². The van der Waals surface area contributed by atoms with Crippen molar-refractivity contribution < 1.29 is 27.1 Å². The SMILES string of the molecule is Cc1nc(N2CCN(C)CC2)oc1Nc1ncc(C(F)(F)F)c(NCCCN2CCCOCC2=O)n1. The van der Waals surface area contributed by atoms with Crippen LogP contribution in [0.1, 0.15) is 24.1 Å². The summed E-state index contributed by atoms with van der Waals surface area (Å²) in [4.78, 5) is 30.2. The van der Waals surface area contributed by atoms with Gasteiger partial charge in [-0.1, -0.05) is 0 Å². The van der Waals surface area contributed by atoms with Crippen molar-refractivity contribution in [2.45, 2.75) is 25.9 Å². The lowest BCUT2D eigenvalue weighted by Gasteiger charge is -2.31. The summed E-state index contributed by atoms with van der Waals surface area (Å²) in [6.45, 7) is 6.75. The summed E-state index contributed by atoms with van der Waals surface area (Å²) in [5.74, 6) is -0.233. The highest BCUT2D eigenvalue weighted by Crippen LogP contribution is 2.34. The Morgan fingerprint density at radius 1 is 1.14 bits per heavy atom. The zero-order valence-corrected chi connectivity index (χ0v) is 20.4. The fourth-order valence-electron chi connectivity index (χ4n) is 3.96. The van der Waals surface area contributed by atoms with Crippen LogP contribution < -0.4 is 15.5 Å². The van der Waals surface area contributed by atoms with Gasteiger partial charge in [0.25, 0.3) is 6.01 Å². The molecule has 0 aromatic carbocycles. The van der Waals surface area contributed by atoms with Crippen LogP contribution in [0.5, 0.6) is 0 Å². The van der Waals surface area contributed by atoms with Gasteiger partial charge in [0, 0.05) is 58.6 Å². The molecule has 2 N–H and O–H groups in total. The molecular formula is C22H31F3N8O3. The molecule has 0 saturated carbocycles. The maximum Gasteiger partial charge on any atom is 0.421 e. The molecule has 0 aliphatic carbocycles. The molecule has 1 amide bonds. The third-order valence-corrected chi connectivity index (χ3v) is 6.07. The van der Waals surface area contributed by atoms with E-state index in [1.165, 1.54) is 0 Å². The van der Waals surface area contributed by atoms with Gasteiger partial charge in [0.2, 0.25) is 17.7 Å². The molecule has 2 aliphatic heterocycles. The first kappa shape index (κ1) is 25.9. The standard InChI is InChI=1S/C22H31F3N8O3/c1-15-19(36-21(28-15)33-10-8-31(2)9-11-33)30-20-27-13-16(22(23,24)25)18(29-20)26-5-3-6-32-7-4-12-35-14-17(32)34/h13H,3-12,14H2,1-2H3,(H2,26,27,29,30). The van der Waals surface area contributed by atoms with Crippen molar-refractivity contribution in [3.05, 3.63) is 17.5 Å². The van der Waals surface area contributed by atoms with Gasteiger partial charge in [-0.05, 0) is 26.8 Å². The molecule has 0 atom stereocenters. The summed E-state index contributed by atoms with van der Waals surface area (Å²) in [5, 5.41) is 5.60. The Balaban J connectivity index is 1.41. The molecule has 198 valence electrons. The summed E-state index contributed by atoms with van der Waals surface area (Å²) in [7, 11) is 2.04. The highest BCUT2D eigenvalue weighted by Gasteiger charge is 2.35. The highest BCUT2D eigenvalue weighted by atomic mass is 19.4. The van der Waals surface area contributed by atoms with Crippen molar-refractivity contribution in [1.82, 2.24) is 24.8 Å². The molecule has 4 heterocycles. The molecule has 0 spiro atoms. The van der Waals surface area contributed by atoms with Crippen molar-refractivity contribution >= 4 is 29.6 Å². The van der Waals surface area contributed by atoms with Crippen LogP contribution in [0.25, 0.3) is 0 Å². The largest absolute Gasteiger partial charge is 0.421 e. The van der Waals surface area contributed by atoms with Crippen LogP contribution in [0.3, 0.4) is 0 Å². The average Bonchev–Trinajstić information content (AvgIpc) is 3.06. The number of nitrogens with zero attached hydrogens (tertiary/aromatic N) is 6. The van der Waals surface area contributed by atoms with E-state index in [0.29, 0.717) is 37.8 Å². The average molecular weight is 513 g/mol. The van der Waals surface area contributed by atoms with Gasteiger partial charge in [-0.25, -0.2) is 4.98 Å². The number of ether oxygens (including phenoxy) is 1.